The summed E-state index contributed by atoms with van der Waals surface area (Å²) in [5, 5.41) is 4.08. The Morgan fingerprint density at radius 3 is 2.87 bits per heavy atom. The molecular weight excluding hydrogens is 208 g/mol. The summed E-state index contributed by atoms with van der Waals surface area (Å²) in [6, 6.07) is 5.54. The molecule has 15 heavy (non-hydrogen) atoms. The Kier molecular flexibility index (Phi) is 3.37. The molecule has 0 atom stereocenters. The molecule has 3 heteroatoms. The zero-order valence-electron chi connectivity index (χ0n) is 8.80. The van der Waals surface area contributed by atoms with Gasteiger partial charge in [0.2, 0.25) is 0 Å². The van der Waals surface area contributed by atoms with Gasteiger partial charge < -0.3 is 11.1 Å². The van der Waals surface area contributed by atoms with Crippen LogP contribution in [-0.4, -0.2) is 6.54 Å². The molecule has 1 saturated carbocycles. The number of benzene rings is 1. The van der Waals surface area contributed by atoms with Crippen molar-refractivity contribution in [3.63, 3.8) is 0 Å². The molecule has 2 nitrogen and oxygen atoms in total. The quantitative estimate of drug-likeness (QED) is 0.768. The lowest BCUT2D eigenvalue weighted by molar-refractivity contribution is 0.303. The number of hydrogen-bond donors (Lipinski definition) is 2. The number of nitrogen functional groups attached to an aromatic ring is 1. The Labute approximate surface area is 95.8 Å². The van der Waals surface area contributed by atoms with Crippen molar-refractivity contribution in [1.82, 2.24) is 0 Å². The van der Waals surface area contributed by atoms with Crippen molar-refractivity contribution in [2.75, 3.05) is 17.6 Å². The molecule has 0 amide bonds. The van der Waals surface area contributed by atoms with E-state index in [4.69, 9.17) is 17.3 Å². The van der Waals surface area contributed by atoms with Crippen LogP contribution in [-0.2, 0) is 0 Å². The van der Waals surface area contributed by atoms with Gasteiger partial charge in [-0.2, -0.15) is 0 Å². The average molecular weight is 225 g/mol. The Balaban J connectivity index is 1.83. The standard InChI is InChI=1S/C12H17ClN2/c13-10-4-5-11(14)12(8-10)15-7-6-9-2-1-3-9/h4-5,8-9,15H,1-3,6-7,14H2. The third kappa shape index (κ3) is 2.78. The van der Waals surface area contributed by atoms with Gasteiger partial charge in [-0.3, -0.25) is 0 Å². The smallest absolute Gasteiger partial charge is 0.0588 e. The van der Waals surface area contributed by atoms with Crippen LogP contribution in [0.25, 0.3) is 0 Å². The van der Waals surface area contributed by atoms with Gasteiger partial charge in [0.25, 0.3) is 0 Å². The SMILES string of the molecule is Nc1ccc(Cl)cc1NCCC1CCC1. The lowest BCUT2D eigenvalue weighted by Gasteiger charge is -2.25. The molecule has 0 spiro atoms. The maximum absolute atomic E-state index is 5.90. The minimum Gasteiger partial charge on any atom is -0.397 e. The zero-order valence-corrected chi connectivity index (χ0v) is 9.56. The number of hydrogen-bond acceptors (Lipinski definition) is 2. The van der Waals surface area contributed by atoms with E-state index >= 15 is 0 Å². The number of nitrogens with one attached hydrogen (secondary N) is 1. The van der Waals surface area contributed by atoms with Crippen molar-refractivity contribution in [2.24, 2.45) is 5.92 Å². The van der Waals surface area contributed by atoms with Crippen LogP contribution in [0, 0.1) is 5.92 Å². The molecule has 0 bridgehead atoms. The fourth-order valence-electron chi connectivity index (χ4n) is 1.87. The van der Waals surface area contributed by atoms with E-state index in [0.29, 0.717) is 0 Å². The number of anilines is 2. The largest absolute Gasteiger partial charge is 0.397 e. The molecule has 1 aliphatic carbocycles. The fourth-order valence-corrected chi connectivity index (χ4v) is 2.05. The van der Waals surface area contributed by atoms with Crippen molar-refractivity contribution >= 4 is 23.0 Å². The molecule has 0 heterocycles. The van der Waals surface area contributed by atoms with E-state index in [9.17, 15) is 0 Å². The lowest BCUT2D eigenvalue weighted by Crippen LogP contribution is -2.15. The average Bonchev–Trinajstić information content (AvgIpc) is 2.15. The topological polar surface area (TPSA) is 38.0 Å². The predicted octanol–water partition coefficient (Wildman–Crippen LogP) is 3.52. The minimum atomic E-state index is 0.732. The van der Waals surface area contributed by atoms with Crippen LogP contribution in [0.1, 0.15) is 25.7 Å². The molecule has 1 fully saturated rings. The Hall–Kier alpha value is -0.890. The monoisotopic (exact) mass is 224 g/mol. The number of rotatable bonds is 4. The van der Waals surface area contributed by atoms with E-state index in [1.807, 2.05) is 18.2 Å². The third-order valence-electron chi connectivity index (χ3n) is 3.11. The lowest BCUT2D eigenvalue weighted by atomic mass is 9.83. The van der Waals surface area contributed by atoms with Gasteiger partial charge in [0.05, 0.1) is 11.4 Å². The van der Waals surface area contributed by atoms with E-state index in [2.05, 4.69) is 5.32 Å². The molecule has 0 saturated heterocycles. The molecule has 1 aliphatic rings. The van der Waals surface area contributed by atoms with Crippen LogP contribution >= 0.6 is 11.6 Å². The molecule has 0 aliphatic heterocycles. The van der Waals surface area contributed by atoms with Gasteiger partial charge in [-0.05, 0) is 30.5 Å². The second-order valence-corrected chi connectivity index (χ2v) is 4.68. The molecule has 0 aromatic heterocycles. The first-order valence-electron chi connectivity index (χ1n) is 5.54. The number of nitrogens with two attached hydrogens (primary N) is 1. The highest BCUT2D eigenvalue weighted by molar-refractivity contribution is 6.31. The molecule has 1 aromatic carbocycles. The summed E-state index contributed by atoms with van der Waals surface area (Å²) in [4.78, 5) is 0. The van der Waals surface area contributed by atoms with Crippen molar-refractivity contribution < 1.29 is 0 Å². The van der Waals surface area contributed by atoms with Crippen molar-refractivity contribution in [2.45, 2.75) is 25.7 Å². The summed E-state index contributed by atoms with van der Waals surface area (Å²) < 4.78 is 0. The molecule has 3 N–H and O–H groups in total. The Morgan fingerprint density at radius 1 is 1.40 bits per heavy atom. The van der Waals surface area contributed by atoms with Crippen molar-refractivity contribution in [1.29, 1.82) is 0 Å². The first kappa shape index (κ1) is 10.6. The van der Waals surface area contributed by atoms with Gasteiger partial charge in [-0.15, -0.1) is 0 Å². The predicted molar refractivity (Wildman–Crippen MR) is 66.3 cm³/mol. The fraction of sp³-hybridized carbons (Fsp3) is 0.500. The van der Waals surface area contributed by atoms with Gasteiger partial charge in [-0.1, -0.05) is 30.9 Å². The summed E-state index contributed by atoms with van der Waals surface area (Å²) in [5.41, 5.74) is 7.56. The van der Waals surface area contributed by atoms with E-state index in [-0.39, 0.29) is 0 Å². The van der Waals surface area contributed by atoms with Gasteiger partial charge >= 0.3 is 0 Å². The summed E-state index contributed by atoms with van der Waals surface area (Å²) in [6.07, 6.45) is 5.44. The van der Waals surface area contributed by atoms with Crippen LogP contribution < -0.4 is 11.1 Å². The molecule has 0 radical (unpaired) electrons. The summed E-state index contributed by atoms with van der Waals surface area (Å²) >= 11 is 5.90. The highest BCUT2D eigenvalue weighted by Gasteiger charge is 2.16. The van der Waals surface area contributed by atoms with E-state index in [1.54, 1.807) is 0 Å². The first-order valence-corrected chi connectivity index (χ1v) is 5.92. The van der Waals surface area contributed by atoms with Crippen molar-refractivity contribution in [3.05, 3.63) is 23.2 Å². The minimum absolute atomic E-state index is 0.732. The number of halogens is 1. The molecule has 0 unspecified atom stereocenters. The van der Waals surface area contributed by atoms with E-state index in [1.165, 1.54) is 25.7 Å². The van der Waals surface area contributed by atoms with Crippen LogP contribution in [0.15, 0.2) is 18.2 Å². The molecule has 1 aromatic rings. The van der Waals surface area contributed by atoms with Crippen LogP contribution in [0.3, 0.4) is 0 Å². The van der Waals surface area contributed by atoms with E-state index < -0.39 is 0 Å². The second kappa shape index (κ2) is 4.75. The highest BCUT2D eigenvalue weighted by atomic mass is 35.5. The van der Waals surface area contributed by atoms with Crippen LogP contribution in [0.2, 0.25) is 5.02 Å². The van der Waals surface area contributed by atoms with E-state index in [0.717, 1.165) is 28.9 Å². The Bertz CT molecular complexity index is 334. The van der Waals surface area contributed by atoms with Crippen LogP contribution in [0.5, 0.6) is 0 Å². The van der Waals surface area contributed by atoms with Gasteiger partial charge in [0.15, 0.2) is 0 Å². The van der Waals surface area contributed by atoms with Gasteiger partial charge in [0, 0.05) is 11.6 Å². The second-order valence-electron chi connectivity index (χ2n) is 4.24. The summed E-state index contributed by atoms with van der Waals surface area (Å²) in [7, 11) is 0. The summed E-state index contributed by atoms with van der Waals surface area (Å²) in [6.45, 7) is 0.995. The van der Waals surface area contributed by atoms with Crippen molar-refractivity contribution in [3.8, 4) is 0 Å². The normalized spacial score (nSPS) is 16.1. The zero-order chi connectivity index (χ0) is 10.7. The molecule has 2 rings (SSSR count). The molecule has 82 valence electrons. The van der Waals surface area contributed by atoms with Gasteiger partial charge in [-0.25, -0.2) is 0 Å². The van der Waals surface area contributed by atoms with Gasteiger partial charge in [0.1, 0.15) is 0 Å². The first-order chi connectivity index (χ1) is 7.25. The third-order valence-corrected chi connectivity index (χ3v) is 3.34. The molecular formula is C12H17ClN2. The summed E-state index contributed by atoms with van der Waals surface area (Å²) in [5.74, 6) is 0.929. The maximum atomic E-state index is 5.90. The van der Waals surface area contributed by atoms with Crippen LogP contribution in [0.4, 0.5) is 11.4 Å². The highest BCUT2D eigenvalue weighted by Crippen LogP contribution is 2.29. The Morgan fingerprint density at radius 2 is 2.20 bits per heavy atom. The maximum Gasteiger partial charge on any atom is 0.0588 e.